The first-order valence-corrected chi connectivity index (χ1v) is 8.52. The lowest BCUT2D eigenvalue weighted by atomic mass is 10.1. The van der Waals surface area contributed by atoms with Crippen LogP contribution in [-0.4, -0.2) is 25.7 Å². The lowest BCUT2D eigenvalue weighted by Gasteiger charge is -2.01. The second-order valence-corrected chi connectivity index (χ2v) is 5.54. The number of hydrogen-bond donors (Lipinski definition) is 0. The minimum Gasteiger partial charge on any atom is -0.469 e. The van der Waals surface area contributed by atoms with Gasteiger partial charge in [-0.3, -0.25) is 9.59 Å². The Morgan fingerprint density at radius 3 is 1.95 bits per heavy atom. The molecule has 0 aromatic heterocycles. The SMILES string of the molecule is COC(=O)CCCCCCCCCC/C=C/CCOC(C)=O. The molecule has 0 rings (SSSR count). The molecule has 0 aliphatic rings. The Bertz CT molecular complexity index is 310. The summed E-state index contributed by atoms with van der Waals surface area (Å²) in [4.78, 5) is 21.4. The zero-order valence-corrected chi connectivity index (χ0v) is 14.3. The van der Waals surface area contributed by atoms with Gasteiger partial charge < -0.3 is 9.47 Å². The van der Waals surface area contributed by atoms with Crippen LogP contribution in [0.25, 0.3) is 0 Å². The van der Waals surface area contributed by atoms with Crippen LogP contribution in [0.5, 0.6) is 0 Å². The van der Waals surface area contributed by atoms with Crippen LogP contribution in [0, 0.1) is 0 Å². The highest BCUT2D eigenvalue weighted by Gasteiger charge is 1.98. The Kier molecular flexibility index (Phi) is 15.1. The molecule has 128 valence electrons. The summed E-state index contributed by atoms with van der Waals surface area (Å²) in [6, 6.07) is 0. The van der Waals surface area contributed by atoms with Gasteiger partial charge >= 0.3 is 11.9 Å². The minimum absolute atomic E-state index is 0.0964. The van der Waals surface area contributed by atoms with Crippen molar-refractivity contribution < 1.29 is 19.1 Å². The molecule has 0 spiro atoms. The first-order chi connectivity index (χ1) is 10.7. The van der Waals surface area contributed by atoms with Crippen LogP contribution in [-0.2, 0) is 19.1 Å². The summed E-state index contributed by atoms with van der Waals surface area (Å²) in [7, 11) is 1.44. The maximum Gasteiger partial charge on any atom is 0.305 e. The highest BCUT2D eigenvalue weighted by molar-refractivity contribution is 5.68. The molecule has 0 saturated carbocycles. The summed E-state index contributed by atoms with van der Waals surface area (Å²) in [6.07, 6.45) is 16.4. The van der Waals surface area contributed by atoms with Crippen molar-refractivity contribution in [3.8, 4) is 0 Å². The molecular formula is C18H32O4. The van der Waals surface area contributed by atoms with Crippen molar-refractivity contribution in [3.63, 3.8) is 0 Å². The molecule has 0 amide bonds. The van der Waals surface area contributed by atoms with Gasteiger partial charge in [-0.05, 0) is 25.7 Å². The van der Waals surface area contributed by atoms with E-state index in [4.69, 9.17) is 4.74 Å². The Balaban J connectivity index is 3.12. The van der Waals surface area contributed by atoms with E-state index in [-0.39, 0.29) is 11.9 Å². The molecule has 0 saturated heterocycles. The van der Waals surface area contributed by atoms with Crippen molar-refractivity contribution in [2.24, 2.45) is 0 Å². The monoisotopic (exact) mass is 312 g/mol. The fourth-order valence-electron chi connectivity index (χ4n) is 2.20. The smallest absolute Gasteiger partial charge is 0.305 e. The molecule has 0 aromatic rings. The number of carbonyl (C=O) groups excluding carboxylic acids is 2. The summed E-state index contributed by atoms with van der Waals surface area (Å²) in [5.41, 5.74) is 0. The van der Waals surface area contributed by atoms with E-state index in [0.717, 1.165) is 25.7 Å². The molecule has 0 radical (unpaired) electrons. The summed E-state index contributed by atoms with van der Waals surface area (Å²) in [5.74, 6) is -0.306. The number of ether oxygens (including phenoxy) is 2. The van der Waals surface area contributed by atoms with E-state index >= 15 is 0 Å². The van der Waals surface area contributed by atoms with Gasteiger partial charge in [0.05, 0.1) is 13.7 Å². The van der Waals surface area contributed by atoms with Crippen LogP contribution >= 0.6 is 0 Å². The van der Waals surface area contributed by atoms with Crippen LogP contribution in [0.1, 0.15) is 77.6 Å². The average Bonchev–Trinajstić information content (AvgIpc) is 2.50. The number of rotatable bonds is 14. The maximum absolute atomic E-state index is 10.9. The number of methoxy groups -OCH3 is 1. The standard InChI is InChI=1S/C18H32O4/c1-17(19)22-16-14-12-10-8-6-4-3-5-7-9-11-13-15-18(20)21-2/h10,12H,3-9,11,13-16H2,1-2H3/b12-10+. The molecule has 0 aromatic carbocycles. The maximum atomic E-state index is 10.9. The zero-order valence-electron chi connectivity index (χ0n) is 14.3. The molecule has 22 heavy (non-hydrogen) atoms. The van der Waals surface area contributed by atoms with E-state index in [0.29, 0.717) is 13.0 Å². The van der Waals surface area contributed by atoms with Gasteiger partial charge in [-0.15, -0.1) is 0 Å². The van der Waals surface area contributed by atoms with Crippen LogP contribution in [0.15, 0.2) is 12.2 Å². The molecule has 0 aliphatic carbocycles. The molecule has 0 aliphatic heterocycles. The summed E-state index contributed by atoms with van der Waals surface area (Å²) in [6.45, 7) is 1.92. The molecule has 0 heterocycles. The highest BCUT2D eigenvalue weighted by atomic mass is 16.5. The van der Waals surface area contributed by atoms with Crippen molar-refractivity contribution in [1.82, 2.24) is 0 Å². The molecular weight excluding hydrogens is 280 g/mol. The fourth-order valence-corrected chi connectivity index (χ4v) is 2.20. The summed E-state index contributed by atoms with van der Waals surface area (Å²) < 4.78 is 9.45. The third-order valence-corrected chi connectivity index (χ3v) is 3.49. The van der Waals surface area contributed by atoms with E-state index < -0.39 is 0 Å². The van der Waals surface area contributed by atoms with E-state index in [1.165, 1.54) is 52.6 Å². The van der Waals surface area contributed by atoms with Crippen LogP contribution in [0.2, 0.25) is 0 Å². The molecule has 0 bridgehead atoms. The van der Waals surface area contributed by atoms with Gasteiger partial charge in [0, 0.05) is 13.3 Å². The molecule has 0 atom stereocenters. The number of carbonyl (C=O) groups is 2. The van der Waals surface area contributed by atoms with E-state index in [1.54, 1.807) is 0 Å². The van der Waals surface area contributed by atoms with Crippen LogP contribution < -0.4 is 0 Å². The molecule has 0 N–H and O–H groups in total. The van der Waals surface area contributed by atoms with E-state index in [9.17, 15) is 9.59 Å². The lowest BCUT2D eigenvalue weighted by Crippen LogP contribution is -1.99. The second kappa shape index (κ2) is 16.1. The predicted molar refractivity (Wildman–Crippen MR) is 88.6 cm³/mol. The van der Waals surface area contributed by atoms with Crippen molar-refractivity contribution in [1.29, 1.82) is 0 Å². The van der Waals surface area contributed by atoms with Gasteiger partial charge in [0.2, 0.25) is 0 Å². The minimum atomic E-state index is -0.210. The third kappa shape index (κ3) is 16.7. The molecule has 0 unspecified atom stereocenters. The van der Waals surface area contributed by atoms with Gasteiger partial charge in [0.25, 0.3) is 0 Å². The number of unbranched alkanes of at least 4 members (excludes halogenated alkanes) is 8. The largest absolute Gasteiger partial charge is 0.469 e. The Morgan fingerprint density at radius 1 is 0.818 bits per heavy atom. The van der Waals surface area contributed by atoms with Crippen molar-refractivity contribution in [3.05, 3.63) is 12.2 Å². The summed E-state index contributed by atoms with van der Waals surface area (Å²) >= 11 is 0. The van der Waals surface area contributed by atoms with E-state index in [1.807, 2.05) is 0 Å². The van der Waals surface area contributed by atoms with Crippen molar-refractivity contribution >= 4 is 11.9 Å². The van der Waals surface area contributed by atoms with E-state index in [2.05, 4.69) is 16.9 Å². The zero-order chi connectivity index (χ0) is 16.5. The molecule has 4 nitrogen and oxygen atoms in total. The molecule has 0 fully saturated rings. The van der Waals surface area contributed by atoms with Gasteiger partial charge in [-0.1, -0.05) is 50.7 Å². The fraction of sp³-hybridized carbons (Fsp3) is 0.778. The van der Waals surface area contributed by atoms with Crippen molar-refractivity contribution in [2.75, 3.05) is 13.7 Å². The van der Waals surface area contributed by atoms with Gasteiger partial charge in [-0.25, -0.2) is 0 Å². The van der Waals surface area contributed by atoms with Crippen LogP contribution in [0.3, 0.4) is 0 Å². The quantitative estimate of drug-likeness (QED) is 0.268. The van der Waals surface area contributed by atoms with Crippen molar-refractivity contribution in [2.45, 2.75) is 77.6 Å². The first kappa shape index (κ1) is 20.7. The molecule has 4 heteroatoms. The Hall–Kier alpha value is -1.32. The Labute approximate surface area is 135 Å². The second-order valence-electron chi connectivity index (χ2n) is 5.54. The van der Waals surface area contributed by atoms with Gasteiger partial charge in [0.1, 0.15) is 0 Å². The topological polar surface area (TPSA) is 52.6 Å². The third-order valence-electron chi connectivity index (χ3n) is 3.49. The van der Waals surface area contributed by atoms with Gasteiger partial charge in [0.15, 0.2) is 0 Å². The lowest BCUT2D eigenvalue weighted by molar-refractivity contribution is -0.141. The predicted octanol–water partition coefficient (Wildman–Crippen LogP) is 4.57. The number of allylic oxidation sites excluding steroid dienone is 1. The summed E-state index contributed by atoms with van der Waals surface area (Å²) in [5, 5.41) is 0. The normalized spacial score (nSPS) is 10.8. The number of esters is 2. The Morgan fingerprint density at radius 2 is 1.36 bits per heavy atom. The highest BCUT2D eigenvalue weighted by Crippen LogP contribution is 2.11. The first-order valence-electron chi connectivity index (χ1n) is 8.52. The van der Waals surface area contributed by atoms with Gasteiger partial charge in [-0.2, -0.15) is 0 Å². The average molecular weight is 312 g/mol. The van der Waals surface area contributed by atoms with Crippen LogP contribution in [0.4, 0.5) is 0 Å². The number of hydrogen-bond acceptors (Lipinski definition) is 4.